The Balaban J connectivity index is 1.85. The molecule has 0 spiro atoms. The Hall–Kier alpha value is -0.290. The maximum absolute atomic E-state index is 11.7. The number of nitrogens with one attached hydrogen (secondary N) is 2. The number of hydrogen-bond donors (Lipinski definition) is 2. The molecule has 0 aromatic rings. The van der Waals surface area contributed by atoms with Crippen molar-refractivity contribution in [3.63, 3.8) is 0 Å². The molecule has 0 radical (unpaired) electrons. The third-order valence-electron chi connectivity index (χ3n) is 2.43. The van der Waals surface area contributed by atoms with E-state index in [0.29, 0.717) is 19.1 Å². The van der Waals surface area contributed by atoms with Gasteiger partial charge in [0.1, 0.15) is 0 Å². The zero-order chi connectivity index (χ0) is 10.6. The van der Waals surface area contributed by atoms with Gasteiger partial charge in [-0.05, 0) is 18.8 Å². The quantitative estimate of drug-likeness (QED) is 0.672. The lowest BCUT2D eigenvalue weighted by molar-refractivity contribution is -0.124. The Kier molecular flexibility index (Phi) is 4.19. The first-order chi connectivity index (χ1) is 6.47. The molecule has 0 amide bonds. The molecule has 0 aromatic heterocycles. The summed E-state index contributed by atoms with van der Waals surface area (Å²) >= 11 is 0. The van der Waals surface area contributed by atoms with E-state index in [1.165, 1.54) is 0 Å². The second kappa shape index (κ2) is 4.98. The largest absolute Gasteiger partial charge is 0.401 e. The minimum atomic E-state index is -4.09. The fourth-order valence-electron chi connectivity index (χ4n) is 1.66. The first kappa shape index (κ1) is 11.8. The summed E-state index contributed by atoms with van der Waals surface area (Å²) < 4.78 is 35.1. The van der Waals surface area contributed by atoms with E-state index in [-0.39, 0.29) is 0 Å². The molecule has 0 aromatic carbocycles. The lowest BCUT2D eigenvalue weighted by Crippen LogP contribution is -2.43. The highest BCUT2D eigenvalue weighted by Crippen LogP contribution is 2.25. The van der Waals surface area contributed by atoms with Crippen molar-refractivity contribution in [2.45, 2.75) is 32.0 Å². The smallest absolute Gasteiger partial charge is 0.313 e. The van der Waals surface area contributed by atoms with Gasteiger partial charge in [0.05, 0.1) is 6.54 Å². The first-order valence-electron chi connectivity index (χ1n) is 4.98. The molecule has 0 atom stereocenters. The van der Waals surface area contributed by atoms with E-state index in [1.54, 1.807) is 0 Å². The summed E-state index contributed by atoms with van der Waals surface area (Å²) in [7, 11) is 0. The highest BCUT2D eigenvalue weighted by molar-refractivity contribution is 4.82. The Morgan fingerprint density at radius 2 is 1.86 bits per heavy atom. The van der Waals surface area contributed by atoms with E-state index in [4.69, 9.17) is 0 Å². The second-order valence-electron chi connectivity index (χ2n) is 4.02. The number of rotatable bonds is 5. The topological polar surface area (TPSA) is 24.1 Å². The van der Waals surface area contributed by atoms with E-state index in [9.17, 15) is 13.2 Å². The van der Waals surface area contributed by atoms with Crippen LogP contribution in [0.4, 0.5) is 13.2 Å². The lowest BCUT2D eigenvalue weighted by Gasteiger charge is -2.33. The van der Waals surface area contributed by atoms with E-state index >= 15 is 0 Å². The molecule has 0 unspecified atom stereocenters. The van der Waals surface area contributed by atoms with Crippen LogP contribution in [0.5, 0.6) is 0 Å². The molecule has 1 saturated carbocycles. The summed E-state index contributed by atoms with van der Waals surface area (Å²) in [5.41, 5.74) is 0. The van der Waals surface area contributed by atoms with Crippen LogP contribution in [0.3, 0.4) is 0 Å². The summed E-state index contributed by atoms with van der Waals surface area (Å²) in [6.07, 6.45) is -1.79. The predicted molar refractivity (Wildman–Crippen MR) is 49.1 cm³/mol. The van der Waals surface area contributed by atoms with Crippen LogP contribution in [0.2, 0.25) is 0 Å². The lowest BCUT2D eigenvalue weighted by atomic mass is 9.82. The van der Waals surface area contributed by atoms with Crippen LogP contribution in [-0.2, 0) is 0 Å². The zero-order valence-corrected chi connectivity index (χ0v) is 8.32. The van der Waals surface area contributed by atoms with Crippen molar-refractivity contribution < 1.29 is 13.2 Å². The summed E-state index contributed by atoms with van der Waals surface area (Å²) in [6, 6.07) is 0.526. The van der Waals surface area contributed by atoms with Gasteiger partial charge in [0, 0.05) is 19.1 Å². The molecule has 2 nitrogen and oxygen atoms in total. The minimum absolute atomic E-state index is 0.379. The average Bonchev–Trinajstić information content (AvgIpc) is 1.98. The van der Waals surface area contributed by atoms with E-state index in [2.05, 4.69) is 17.6 Å². The summed E-state index contributed by atoms with van der Waals surface area (Å²) in [4.78, 5) is 0. The Labute approximate surface area is 82.2 Å². The second-order valence-corrected chi connectivity index (χ2v) is 4.02. The van der Waals surface area contributed by atoms with Gasteiger partial charge in [0.2, 0.25) is 0 Å². The first-order valence-corrected chi connectivity index (χ1v) is 4.98. The highest BCUT2D eigenvalue weighted by Gasteiger charge is 2.26. The van der Waals surface area contributed by atoms with Gasteiger partial charge in [0.25, 0.3) is 0 Å². The summed E-state index contributed by atoms with van der Waals surface area (Å²) in [6.45, 7) is 2.29. The molecule has 1 aliphatic rings. The van der Waals surface area contributed by atoms with E-state index in [1.807, 2.05) is 0 Å². The van der Waals surface area contributed by atoms with Gasteiger partial charge in [-0.3, -0.25) is 0 Å². The zero-order valence-electron chi connectivity index (χ0n) is 8.32. The van der Waals surface area contributed by atoms with Gasteiger partial charge >= 0.3 is 6.18 Å². The predicted octanol–water partition coefficient (Wildman–Crippen LogP) is 1.53. The van der Waals surface area contributed by atoms with Crippen LogP contribution in [0.15, 0.2) is 0 Å². The maximum Gasteiger partial charge on any atom is 0.401 e. The van der Waals surface area contributed by atoms with Crippen molar-refractivity contribution in [1.82, 2.24) is 10.6 Å². The molecule has 1 fully saturated rings. The summed E-state index contributed by atoms with van der Waals surface area (Å²) in [5.74, 6) is 0.774. The van der Waals surface area contributed by atoms with Crippen LogP contribution in [0, 0.1) is 5.92 Å². The highest BCUT2D eigenvalue weighted by atomic mass is 19.4. The number of halogens is 3. The molecule has 5 heteroatoms. The normalized spacial score (nSPS) is 27.4. The molecule has 0 heterocycles. The van der Waals surface area contributed by atoms with Crippen LogP contribution in [-0.4, -0.2) is 31.9 Å². The third kappa shape index (κ3) is 4.81. The fourth-order valence-corrected chi connectivity index (χ4v) is 1.66. The van der Waals surface area contributed by atoms with Gasteiger partial charge in [-0.25, -0.2) is 0 Å². The van der Waals surface area contributed by atoms with Gasteiger partial charge in [-0.1, -0.05) is 6.92 Å². The average molecular weight is 210 g/mol. The molecule has 14 heavy (non-hydrogen) atoms. The standard InChI is InChI=1S/C9H17F3N2/c1-7-4-8(5-7)14-3-2-13-6-9(10,11)12/h7-8,13-14H,2-6H2,1H3. The van der Waals surface area contributed by atoms with Crippen LogP contribution in [0.1, 0.15) is 19.8 Å². The monoisotopic (exact) mass is 210 g/mol. The van der Waals surface area contributed by atoms with Crippen molar-refractivity contribution in [2.24, 2.45) is 5.92 Å². The molecular formula is C9H17F3N2. The van der Waals surface area contributed by atoms with Crippen molar-refractivity contribution in [3.05, 3.63) is 0 Å². The Bertz CT molecular complexity index is 164. The van der Waals surface area contributed by atoms with Crippen molar-refractivity contribution in [2.75, 3.05) is 19.6 Å². The molecule has 0 aliphatic heterocycles. The molecular weight excluding hydrogens is 193 g/mol. The molecule has 2 N–H and O–H groups in total. The van der Waals surface area contributed by atoms with Crippen molar-refractivity contribution in [1.29, 1.82) is 0 Å². The molecule has 1 rings (SSSR count). The molecule has 0 bridgehead atoms. The fraction of sp³-hybridized carbons (Fsp3) is 1.00. The Morgan fingerprint density at radius 1 is 1.21 bits per heavy atom. The third-order valence-corrected chi connectivity index (χ3v) is 2.43. The maximum atomic E-state index is 11.7. The Morgan fingerprint density at radius 3 is 2.36 bits per heavy atom. The van der Waals surface area contributed by atoms with Crippen molar-refractivity contribution >= 4 is 0 Å². The molecule has 1 aliphatic carbocycles. The van der Waals surface area contributed by atoms with Crippen molar-refractivity contribution in [3.8, 4) is 0 Å². The van der Waals surface area contributed by atoms with Crippen LogP contribution < -0.4 is 10.6 Å². The number of alkyl halides is 3. The van der Waals surface area contributed by atoms with Gasteiger partial charge in [-0.2, -0.15) is 13.2 Å². The van der Waals surface area contributed by atoms with E-state index < -0.39 is 12.7 Å². The van der Waals surface area contributed by atoms with Gasteiger partial charge < -0.3 is 10.6 Å². The molecule has 84 valence electrons. The van der Waals surface area contributed by atoms with Gasteiger partial charge in [-0.15, -0.1) is 0 Å². The van der Waals surface area contributed by atoms with Crippen LogP contribution in [0.25, 0.3) is 0 Å². The van der Waals surface area contributed by atoms with E-state index in [0.717, 1.165) is 18.8 Å². The minimum Gasteiger partial charge on any atom is -0.313 e. The van der Waals surface area contributed by atoms with Crippen LogP contribution >= 0.6 is 0 Å². The molecule has 0 saturated heterocycles. The number of hydrogen-bond acceptors (Lipinski definition) is 2. The summed E-state index contributed by atoms with van der Waals surface area (Å²) in [5, 5.41) is 5.56. The van der Waals surface area contributed by atoms with Gasteiger partial charge in [0.15, 0.2) is 0 Å². The SMILES string of the molecule is CC1CC(NCCNCC(F)(F)F)C1.